The van der Waals surface area contributed by atoms with E-state index in [-0.39, 0.29) is 11.8 Å². The smallest absolute Gasteiger partial charge is 0.220 e. The van der Waals surface area contributed by atoms with Crippen LogP contribution in [0.3, 0.4) is 0 Å². The summed E-state index contributed by atoms with van der Waals surface area (Å²) in [5, 5.41) is 6.07. The molecule has 4 heteroatoms. The Hall–Kier alpha value is -1.55. The number of benzene rings is 1. The normalized spacial score (nSPS) is 19.2. The summed E-state index contributed by atoms with van der Waals surface area (Å²) in [7, 11) is 1.89. The summed E-state index contributed by atoms with van der Waals surface area (Å²) in [6, 6.07) is 8.30. The first-order chi connectivity index (χ1) is 9.20. The van der Waals surface area contributed by atoms with Gasteiger partial charge in [0.15, 0.2) is 0 Å². The maximum Gasteiger partial charge on any atom is 0.220 e. The molecule has 4 nitrogen and oxygen atoms in total. The minimum absolute atomic E-state index is 0.115. The highest BCUT2D eigenvalue weighted by Gasteiger charge is 2.23. The molecule has 0 saturated carbocycles. The Balaban J connectivity index is 1.91. The number of carbonyl (C=O) groups is 1. The summed E-state index contributed by atoms with van der Waals surface area (Å²) in [6.45, 7) is 3.41. The molecule has 0 aromatic heterocycles. The summed E-state index contributed by atoms with van der Waals surface area (Å²) >= 11 is 0. The van der Waals surface area contributed by atoms with Crippen LogP contribution in [-0.4, -0.2) is 32.1 Å². The quantitative estimate of drug-likeness (QED) is 0.848. The van der Waals surface area contributed by atoms with Gasteiger partial charge in [-0.3, -0.25) is 4.79 Å². The van der Waals surface area contributed by atoms with Crippen molar-refractivity contribution in [2.24, 2.45) is 0 Å². The standard InChI is InChI=1S/C15H22N2O2/c1-11(16-2)10-17-15(18)9-12-7-8-19-14-6-4-3-5-13(12)14/h3-6,11-12,16H,7-10H2,1-2H3,(H,17,18). The molecule has 0 spiro atoms. The molecule has 1 aliphatic heterocycles. The van der Waals surface area contributed by atoms with Crippen LogP contribution in [0.25, 0.3) is 0 Å². The van der Waals surface area contributed by atoms with E-state index in [9.17, 15) is 4.79 Å². The van der Waals surface area contributed by atoms with E-state index in [1.807, 2.05) is 32.2 Å². The number of hydrogen-bond donors (Lipinski definition) is 2. The number of para-hydroxylation sites is 1. The number of hydrogen-bond acceptors (Lipinski definition) is 3. The van der Waals surface area contributed by atoms with Crippen molar-refractivity contribution in [3.05, 3.63) is 29.8 Å². The van der Waals surface area contributed by atoms with Crippen molar-refractivity contribution < 1.29 is 9.53 Å². The van der Waals surface area contributed by atoms with E-state index in [2.05, 4.69) is 16.7 Å². The van der Waals surface area contributed by atoms with E-state index in [0.29, 0.717) is 25.6 Å². The van der Waals surface area contributed by atoms with Gasteiger partial charge in [0.25, 0.3) is 0 Å². The van der Waals surface area contributed by atoms with Gasteiger partial charge in [-0.1, -0.05) is 18.2 Å². The van der Waals surface area contributed by atoms with Crippen LogP contribution in [0.4, 0.5) is 0 Å². The third-order valence-corrected chi connectivity index (χ3v) is 3.61. The molecule has 0 aliphatic carbocycles. The number of likely N-dealkylation sites (N-methyl/N-ethyl adjacent to an activating group) is 1. The first-order valence-corrected chi connectivity index (χ1v) is 6.86. The van der Waals surface area contributed by atoms with Crippen LogP contribution in [0.1, 0.15) is 31.2 Å². The number of ether oxygens (including phenoxy) is 1. The van der Waals surface area contributed by atoms with E-state index in [4.69, 9.17) is 4.74 Å². The van der Waals surface area contributed by atoms with Crippen LogP contribution in [0.2, 0.25) is 0 Å². The number of nitrogens with one attached hydrogen (secondary N) is 2. The number of fused-ring (bicyclic) bond motifs is 1. The van der Waals surface area contributed by atoms with Crippen molar-refractivity contribution in [3.63, 3.8) is 0 Å². The van der Waals surface area contributed by atoms with E-state index < -0.39 is 0 Å². The second-order valence-corrected chi connectivity index (χ2v) is 5.07. The van der Waals surface area contributed by atoms with Crippen molar-refractivity contribution in [3.8, 4) is 5.75 Å². The van der Waals surface area contributed by atoms with E-state index in [1.54, 1.807) is 0 Å². The molecule has 1 heterocycles. The van der Waals surface area contributed by atoms with Crippen LogP contribution in [0, 0.1) is 0 Å². The predicted octanol–water partition coefficient (Wildman–Crippen LogP) is 1.67. The van der Waals surface area contributed by atoms with Gasteiger partial charge in [0.2, 0.25) is 5.91 Å². The molecule has 104 valence electrons. The van der Waals surface area contributed by atoms with Gasteiger partial charge in [-0.2, -0.15) is 0 Å². The largest absolute Gasteiger partial charge is 0.493 e. The van der Waals surface area contributed by atoms with E-state index in [0.717, 1.165) is 17.7 Å². The Kier molecular flexibility index (Phi) is 4.80. The highest BCUT2D eigenvalue weighted by atomic mass is 16.5. The van der Waals surface area contributed by atoms with E-state index >= 15 is 0 Å². The van der Waals surface area contributed by atoms with Gasteiger partial charge in [-0.15, -0.1) is 0 Å². The number of amides is 1. The van der Waals surface area contributed by atoms with Crippen molar-refractivity contribution in [1.29, 1.82) is 0 Å². The van der Waals surface area contributed by atoms with Gasteiger partial charge in [-0.05, 0) is 37.9 Å². The van der Waals surface area contributed by atoms with Crippen molar-refractivity contribution in [2.45, 2.75) is 31.7 Å². The molecule has 0 fully saturated rings. The second kappa shape index (κ2) is 6.57. The monoisotopic (exact) mass is 262 g/mol. The fourth-order valence-corrected chi connectivity index (χ4v) is 2.29. The van der Waals surface area contributed by atoms with Gasteiger partial charge in [-0.25, -0.2) is 0 Å². The Morgan fingerprint density at radius 3 is 3.05 bits per heavy atom. The Morgan fingerprint density at radius 2 is 2.26 bits per heavy atom. The van der Waals surface area contributed by atoms with Crippen molar-refractivity contribution in [1.82, 2.24) is 10.6 Å². The third kappa shape index (κ3) is 3.70. The first-order valence-electron chi connectivity index (χ1n) is 6.86. The molecule has 1 aromatic carbocycles. The molecule has 0 radical (unpaired) electrons. The van der Waals surface area contributed by atoms with Crippen LogP contribution >= 0.6 is 0 Å². The zero-order chi connectivity index (χ0) is 13.7. The molecule has 2 atom stereocenters. The second-order valence-electron chi connectivity index (χ2n) is 5.07. The maximum absolute atomic E-state index is 12.0. The molecule has 0 bridgehead atoms. The minimum atomic E-state index is 0.115. The van der Waals surface area contributed by atoms with Gasteiger partial charge in [0.05, 0.1) is 6.61 Å². The summed E-state index contributed by atoms with van der Waals surface area (Å²) in [5.74, 6) is 1.31. The lowest BCUT2D eigenvalue weighted by atomic mass is 9.90. The van der Waals surface area contributed by atoms with Crippen LogP contribution in [0.5, 0.6) is 5.75 Å². The molecular weight excluding hydrogens is 240 g/mol. The Morgan fingerprint density at radius 1 is 1.47 bits per heavy atom. The average molecular weight is 262 g/mol. The zero-order valence-electron chi connectivity index (χ0n) is 11.6. The Bertz CT molecular complexity index is 434. The highest BCUT2D eigenvalue weighted by molar-refractivity contribution is 5.77. The molecule has 0 saturated heterocycles. The SMILES string of the molecule is CNC(C)CNC(=O)CC1CCOc2ccccc21. The number of carbonyl (C=O) groups excluding carboxylic acids is 1. The zero-order valence-corrected chi connectivity index (χ0v) is 11.6. The molecule has 1 aliphatic rings. The molecule has 1 amide bonds. The first kappa shape index (κ1) is 13.9. The molecule has 19 heavy (non-hydrogen) atoms. The molecular formula is C15H22N2O2. The summed E-state index contributed by atoms with van der Waals surface area (Å²) < 4.78 is 5.61. The Labute approximate surface area is 114 Å². The summed E-state index contributed by atoms with van der Waals surface area (Å²) in [4.78, 5) is 12.0. The minimum Gasteiger partial charge on any atom is -0.493 e. The van der Waals surface area contributed by atoms with Crippen LogP contribution in [-0.2, 0) is 4.79 Å². The predicted molar refractivity (Wildman–Crippen MR) is 75.4 cm³/mol. The maximum atomic E-state index is 12.0. The molecule has 2 rings (SSSR count). The van der Waals surface area contributed by atoms with Crippen molar-refractivity contribution >= 4 is 5.91 Å². The lowest BCUT2D eigenvalue weighted by Crippen LogP contribution is -2.37. The number of rotatable bonds is 5. The molecule has 1 aromatic rings. The third-order valence-electron chi connectivity index (χ3n) is 3.61. The van der Waals surface area contributed by atoms with Gasteiger partial charge >= 0.3 is 0 Å². The van der Waals surface area contributed by atoms with Gasteiger partial charge < -0.3 is 15.4 Å². The fraction of sp³-hybridized carbons (Fsp3) is 0.533. The fourth-order valence-electron chi connectivity index (χ4n) is 2.29. The molecule has 2 N–H and O–H groups in total. The summed E-state index contributed by atoms with van der Waals surface area (Å²) in [6.07, 6.45) is 1.45. The van der Waals surface area contributed by atoms with Gasteiger partial charge in [0, 0.05) is 19.0 Å². The highest BCUT2D eigenvalue weighted by Crippen LogP contribution is 2.35. The lowest BCUT2D eigenvalue weighted by molar-refractivity contribution is -0.121. The lowest BCUT2D eigenvalue weighted by Gasteiger charge is -2.25. The average Bonchev–Trinajstić information content (AvgIpc) is 2.45. The summed E-state index contributed by atoms with van der Waals surface area (Å²) in [5.41, 5.74) is 1.16. The van der Waals surface area contributed by atoms with E-state index in [1.165, 1.54) is 0 Å². The van der Waals surface area contributed by atoms with Crippen LogP contribution < -0.4 is 15.4 Å². The topological polar surface area (TPSA) is 50.4 Å². The van der Waals surface area contributed by atoms with Crippen LogP contribution in [0.15, 0.2) is 24.3 Å². The van der Waals surface area contributed by atoms with Gasteiger partial charge in [0.1, 0.15) is 5.75 Å². The van der Waals surface area contributed by atoms with Crippen molar-refractivity contribution in [2.75, 3.05) is 20.2 Å². The molecule has 2 unspecified atom stereocenters.